The molecule has 3 aromatic rings. The second kappa shape index (κ2) is 9.07. The van der Waals surface area contributed by atoms with E-state index in [2.05, 4.69) is 20.3 Å². The zero-order chi connectivity index (χ0) is 22.7. The van der Waals surface area contributed by atoms with Crippen LogP contribution in [0.2, 0.25) is 0 Å². The molecular formula is C21H24N6O4S. The summed E-state index contributed by atoms with van der Waals surface area (Å²) in [6, 6.07) is 12.3. The third-order valence-corrected chi connectivity index (χ3v) is 7.05. The molecule has 1 aliphatic rings. The zero-order valence-corrected chi connectivity index (χ0v) is 18.6. The van der Waals surface area contributed by atoms with Gasteiger partial charge >= 0.3 is 0 Å². The summed E-state index contributed by atoms with van der Waals surface area (Å²) < 4.78 is 38.2. The Balaban J connectivity index is 1.65. The molecule has 1 aliphatic heterocycles. The molecule has 2 aromatic carbocycles. The number of methoxy groups -OCH3 is 1. The number of aromatic nitrogens is 3. The number of nitrogens with one attached hydrogen (secondary N) is 1. The van der Waals surface area contributed by atoms with Crippen molar-refractivity contribution in [3.05, 3.63) is 48.0 Å². The number of benzene rings is 2. The van der Waals surface area contributed by atoms with Crippen molar-refractivity contribution in [1.82, 2.24) is 19.3 Å². The number of nitrogens with zero attached hydrogens (tertiary/aromatic N) is 4. The van der Waals surface area contributed by atoms with Gasteiger partial charge in [-0.15, -0.1) is 0 Å². The van der Waals surface area contributed by atoms with Crippen molar-refractivity contribution in [3.8, 4) is 17.1 Å². The summed E-state index contributed by atoms with van der Waals surface area (Å²) in [5.74, 6) is 1.27. The number of hydrogen-bond donors (Lipinski definition) is 2. The molecule has 0 radical (unpaired) electrons. The fourth-order valence-electron chi connectivity index (χ4n) is 3.35. The molecule has 2 heterocycles. The molecule has 10 nitrogen and oxygen atoms in total. The Morgan fingerprint density at radius 2 is 1.88 bits per heavy atom. The van der Waals surface area contributed by atoms with Crippen molar-refractivity contribution in [3.63, 3.8) is 0 Å². The van der Waals surface area contributed by atoms with Gasteiger partial charge in [-0.25, -0.2) is 8.42 Å². The molecule has 1 saturated heterocycles. The third kappa shape index (κ3) is 4.64. The van der Waals surface area contributed by atoms with E-state index in [-0.39, 0.29) is 16.8 Å². The van der Waals surface area contributed by atoms with E-state index in [0.717, 1.165) is 0 Å². The van der Waals surface area contributed by atoms with Crippen LogP contribution in [0.4, 0.5) is 17.6 Å². The maximum atomic E-state index is 13.1. The molecule has 3 N–H and O–H groups in total. The van der Waals surface area contributed by atoms with Crippen molar-refractivity contribution in [2.75, 3.05) is 44.5 Å². The molecule has 0 unspecified atom stereocenters. The predicted octanol–water partition coefficient (Wildman–Crippen LogP) is 2.20. The lowest BCUT2D eigenvalue weighted by molar-refractivity contribution is 0.0730. The van der Waals surface area contributed by atoms with Gasteiger partial charge in [-0.1, -0.05) is 18.2 Å². The van der Waals surface area contributed by atoms with Crippen molar-refractivity contribution < 1.29 is 17.9 Å². The number of morpholine rings is 1. The lowest BCUT2D eigenvalue weighted by Gasteiger charge is -2.26. The number of ether oxygens (including phenoxy) is 2. The maximum absolute atomic E-state index is 13.1. The van der Waals surface area contributed by atoms with Crippen LogP contribution in [-0.4, -0.2) is 61.1 Å². The Kier molecular flexibility index (Phi) is 6.21. The number of anilines is 3. The quantitative estimate of drug-likeness (QED) is 0.573. The van der Waals surface area contributed by atoms with Crippen LogP contribution in [0.25, 0.3) is 11.4 Å². The number of aryl methyl sites for hydroxylation is 1. The van der Waals surface area contributed by atoms with Gasteiger partial charge in [-0.2, -0.15) is 19.3 Å². The summed E-state index contributed by atoms with van der Waals surface area (Å²) in [4.78, 5) is 13.0. The summed E-state index contributed by atoms with van der Waals surface area (Å²) in [5.41, 5.74) is 7.77. The summed E-state index contributed by atoms with van der Waals surface area (Å²) >= 11 is 0. The van der Waals surface area contributed by atoms with Gasteiger partial charge in [0.1, 0.15) is 5.75 Å². The van der Waals surface area contributed by atoms with Crippen LogP contribution in [0.1, 0.15) is 5.56 Å². The minimum absolute atomic E-state index is 0.0357. The Morgan fingerprint density at radius 1 is 1.09 bits per heavy atom. The minimum atomic E-state index is -3.65. The van der Waals surface area contributed by atoms with Crippen LogP contribution >= 0.6 is 0 Å². The average Bonchev–Trinajstić information content (AvgIpc) is 2.80. The monoisotopic (exact) mass is 456 g/mol. The topological polar surface area (TPSA) is 133 Å². The summed E-state index contributed by atoms with van der Waals surface area (Å²) in [6.07, 6.45) is 0. The van der Waals surface area contributed by atoms with Crippen LogP contribution in [0.5, 0.6) is 5.75 Å². The van der Waals surface area contributed by atoms with Crippen LogP contribution < -0.4 is 15.8 Å². The first-order chi connectivity index (χ1) is 15.4. The van der Waals surface area contributed by atoms with Gasteiger partial charge < -0.3 is 20.5 Å². The molecule has 11 heteroatoms. The number of rotatable bonds is 6. The van der Waals surface area contributed by atoms with Gasteiger partial charge in [0.15, 0.2) is 5.82 Å². The molecule has 0 spiro atoms. The van der Waals surface area contributed by atoms with Gasteiger partial charge in [-0.05, 0) is 36.8 Å². The van der Waals surface area contributed by atoms with Crippen LogP contribution in [0.15, 0.2) is 47.4 Å². The first kappa shape index (κ1) is 21.9. The fourth-order valence-corrected chi connectivity index (χ4v) is 5.01. The van der Waals surface area contributed by atoms with E-state index in [0.29, 0.717) is 54.7 Å². The number of nitrogen functional groups attached to an aromatic ring is 1. The third-order valence-electron chi connectivity index (χ3n) is 5.01. The van der Waals surface area contributed by atoms with Crippen LogP contribution in [-0.2, 0) is 14.8 Å². The van der Waals surface area contributed by atoms with Gasteiger partial charge in [-0.3, -0.25) is 0 Å². The Morgan fingerprint density at radius 3 is 2.62 bits per heavy atom. The standard InChI is InChI=1S/C21H24N6O4S/c1-14-6-7-16(13-18(14)32(28,29)27-8-10-31-11-9-27)23-21-25-19(24-20(22)26-21)15-4-3-5-17(12-15)30-2/h3-7,12-13H,8-11H2,1-2H3,(H3,22,23,24,25,26). The van der Waals surface area contributed by atoms with E-state index in [9.17, 15) is 8.42 Å². The van der Waals surface area contributed by atoms with Crippen LogP contribution in [0.3, 0.4) is 0 Å². The van der Waals surface area contributed by atoms with Crippen molar-refractivity contribution in [2.45, 2.75) is 11.8 Å². The van der Waals surface area contributed by atoms with E-state index < -0.39 is 10.0 Å². The van der Waals surface area contributed by atoms with Crippen molar-refractivity contribution >= 4 is 27.6 Å². The van der Waals surface area contributed by atoms with Gasteiger partial charge in [0.2, 0.25) is 21.9 Å². The highest BCUT2D eigenvalue weighted by molar-refractivity contribution is 7.89. The lowest BCUT2D eigenvalue weighted by atomic mass is 10.2. The smallest absolute Gasteiger partial charge is 0.243 e. The van der Waals surface area contributed by atoms with E-state index in [1.165, 1.54) is 4.31 Å². The molecule has 32 heavy (non-hydrogen) atoms. The predicted molar refractivity (Wildman–Crippen MR) is 120 cm³/mol. The molecule has 0 saturated carbocycles. The largest absolute Gasteiger partial charge is 0.497 e. The molecule has 168 valence electrons. The Bertz CT molecular complexity index is 1230. The highest BCUT2D eigenvalue weighted by Crippen LogP contribution is 2.27. The first-order valence-corrected chi connectivity index (χ1v) is 11.4. The molecule has 0 atom stereocenters. The van der Waals surface area contributed by atoms with E-state index in [1.807, 2.05) is 18.2 Å². The van der Waals surface area contributed by atoms with Crippen molar-refractivity contribution in [2.24, 2.45) is 0 Å². The minimum Gasteiger partial charge on any atom is -0.497 e. The SMILES string of the molecule is COc1cccc(-c2nc(N)nc(Nc3ccc(C)c(S(=O)(=O)N4CCOCC4)c3)n2)c1. The normalized spacial score (nSPS) is 14.8. The number of hydrogen-bond acceptors (Lipinski definition) is 9. The molecule has 0 bridgehead atoms. The Labute approximate surface area is 186 Å². The summed E-state index contributed by atoms with van der Waals surface area (Å²) in [5, 5.41) is 3.05. The van der Waals surface area contributed by atoms with Crippen molar-refractivity contribution in [1.29, 1.82) is 0 Å². The molecule has 1 fully saturated rings. The fraction of sp³-hybridized carbons (Fsp3) is 0.286. The molecule has 1 aromatic heterocycles. The molecule has 0 aliphatic carbocycles. The maximum Gasteiger partial charge on any atom is 0.243 e. The lowest BCUT2D eigenvalue weighted by Crippen LogP contribution is -2.40. The average molecular weight is 457 g/mol. The van der Waals surface area contributed by atoms with E-state index in [1.54, 1.807) is 38.3 Å². The second-order valence-electron chi connectivity index (χ2n) is 7.19. The second-order valence-corrected chi connectivity index (χ2v) is 9.10. The molecule has 4 rings (SSSR count). The van der Waals surface area contributed by atoms with Gasteiger partial charge in [0.25, 0.3) is 0 Å². The highest BCUT2D eigenvalue weighted by atomic mass is 32.2. The van der Waals surface area contributed by atoms with Gasteiger partial charge in [0.05, 0.1) is 25.2 Å². The molecule has 0 amide bonds. The summed E-state index contributed by atoms with van der Waals surface area (Å²) in [7, 11) is -2.08. The first-order valence-electron chi connectivity index (χ1n) is 9.98. The van der Waals surface area contributed by atoms with E-state index >= 15 is 0 Å². The number of sulfonamides is 1. The van der Waals surface area contributed by atoms with Gasteiger partial charge in [0, 0.05) is 24.3 Å². The van der Waals surface area contributed by atoms with Crippen LogP contribution in [0, 0.1) is 6.92 Å². The Hall–Kier alpha value is -3.28. The zero-order valence-electron chi connectivity index (χ0n) is 17.8. The summed E-state index contributed by atoms with van der Waals surface area (Å²) in [6.45, 7) is 3.18. The molecular weight excluding hydrogens is 432 g/mol. The van der Waals surface area contributed by atoms with E-state index in [4.69, 9.17) is 15.2 Å². The highest BCUT2D eigenvalue weighted by Gasteiger charge is 2.28. The number of nitrogens with two attached hydrogens (primary N) is 1.